The summed E-state index contributed by atoms with van der Waals surface area (Å²) in [6.45, 7) is 5.33. The molecule has 0 radical (unpaired) electrons. The highest BCUT2D eigenvalue weighted by Gasteiger charge is 2.28. The quantitative estimate of drug-likeness (QED) is 0.313. The van der Waals surface area contributed by atoms with Crippen LogP contribution in [0.1, 0.15) is 23.2 Å². The third-order valence-corrected chi connectivity index (χ3v) is 7.88. The Morgan fingerprint density at radius 1 is 1.03 bits per heavy atom. The molecular formula is C27H34N6O2S. The number of anilines is 3. The van der Waals surface area contributed by atoms with Gasteiger partial charge in [-0.05, 0) is 66.2 Å². The van der Waals surface area contributed by atoms with Crippen molar-refractivity contribution in [3.05, 3.63) is 65.5 Å². The second-order valence-electron chi connectivity index (χ2n) is 9.40. The molecule has 8 nitrogen and oxygen atoms in total. The van der Waals surface area contributed by atoms with Crippen molar-refractivity contribution in [1.29, 1.82) is 0 Å². The van der Waals surface area contributed by atoms with Crippen LogP contribution in [0.4, 0.5) is 17.1 Å². The molecule has 9 heteroatoms. The molecule has 0 aliphatic carbocycles. The van der Waals surface area contributed by atoms with Crippen molar-refractivity contribution < 1.29 is 9.90 Å². The first kappa shape index (κ1) is 24.7. The number of aliphatic hydroxyl groups excluding tert-OH is 1. The van der Waals surface area contributed by atoms with Crippen LogP contribution in [0.2, 0.25) is 0 Å². The highest BCUT2D eigenvalue weighted by atomic mass is 32.1. The fourth-order valence-corrected chi connectivity index (χ4v) is 5.55. The number of nitrogens with zero attached hydrogens (tertiary/aromatic N) is 2. The molecule has 3 aromatic rings. The fourth-order valence-electron chi connectivity index (χ4n) is 4.83. The average molecular weight is 507 g/mol. The van der Waals surface area contributed by atoms with Gasteiger partial charge in [0.15, 0.2) is 6.35 Å². The summed E-state index contributed by atoms with van der Waals surface area (Å²) in [6, 6.07) is 17.7. The van der Waals surface area contributed by atoms with Crippen molar-refractivity contribution in [2.24, 2.45) is 0 Å². The number of rotatable bonds is 7. The molecule has 1 amide bonds. The van der Waals surface area contributed by atoms with Crippen LogP contribution in [-0.4, -0.2) is 72.5 Å². The van der Waals surface area contributed by atoms with Crippen LogP contribution in [-0.2, 0) is 0 Å². The zero-order valence-electron chi connectivity index (χ0n) is 20.3. The molecule has 36 heavy (non-hydrogen) atoms. The third kappa shape index (κ3) is 5.88. The number of piperazine rings is 1. The molecule has 2 aliphatic rings. The van der Waals surface area contributed by atoms with E-state index in [2.05, 4.69) is 25.8 Å². The lowest BCUT2D eigenvalue weighted by Gasteiger charge is -2.41. The van der Waals surface area contributed by atoms with E-state index in [0.29, 0.717) is 23.0 Å². The largest absolute Gasteiger partial charge is 0.397 e. The van der Waals surface area contributed by atoms with Crippen LogP contribution in [0.5, 0.6) is 0 Å². The van der Waals surface area contributed by atoms with Gasteiger partial charge in [0, 0.05) is 61.4 Å². The Kier molecular flexibility index (Phi) is 7.84. The summed E-state index contributed by atoms with van der Waals surface area (Å²) in [7, 11) is 0. The maximum atomic E-state index is 12.9. The topological polar surface area (TPSA) is 106 Å². The molecule has 0 spiro atoms. The Morgan fingerprint density at radius 2 is 1.75 bits per heavy atom. The molecule has 2 aliphatic heterocycles. The first-order valence-electron chi connectivity index (χ1n) is 12.5. The van der Waals surface area contributed by atoms with Crippen molar-refractivity contribution in [3.8, 4) is 10.4 Å². The molecular weight excluding hydrogens is 472 g/mol. The number of nitrogens with one attached hydrogen (secondary N) is 3. The van der Waals surface area contributed by atoms with Gasteiger partial charge in [-0.3, -0.25) is 14.6 Å². The lowest BCUT2D eigenvalue weighted by molar-refractivity contribution is -0.122. The summed E-state index contributed by atoms with van der Waals surface area (Å²) in [5.74, 6) is -0.188. The maximum absolute atomic E-state index is 12.9. The van der Waals surface area contributed by atoms with Crippen LogP contribution < -0.4 is 21.7 Å². The van der Waals surface area contributed by atoms with Gasteiger partial charge in [0.2, 0.25) is 0 Å². The number of thiophene rings is 1. The second kappa shape index (κ2) is 11.4. The molecule has 1 atom stereocenters. The minimum Gasteiger partial charge on any atom is -0.397 e. The van der Waals surface area contributed by atoms with Crippen LogP contribution in [0.25, 0.3) is 10.4 Å². The summed E-state index contributed by atoms with van der Waals surface area (Å²) in [5, 5.41) is 22.6. The Hall–Kier alpha value is -2.95. The lowest BCUT2D eigenvalue weighted by atomic mass is 10.0. The van der Waals surface area contributed by atoms with Gasteiger partial charge in [-0.15, -0.1) is 11.3 Å². The molecule has 5 rings (SSSR count). The number of nitrogens with two attached hydrogens (primary N) is 1. The standard InChI is InChI=1S/C27H34N6O2S/c28-23-8-5-20(25-2-1-17-36-25)18-24(23)31-26(34)19-3-6-21(7-4-19)30-22-9-13-32(14-10-22)27(35)33-15-11-29-12-16-33/h1-8,17-18,22,27,29-30,35H,9-16,28H2,(H,31,34). The number of hydrogen-bond acceptors (Lipinski definition) is 8. The highest BCUT2D eigenvalue weighted by Crippen LogP contribution is 2.30. The molecule has 190 valence electrons. The van der Waals surface area contributed by atoms with Crippen molar-refractivity contribution in [1.82, 2.24) is 15.1 Å². The number of benzene rings is 2. The molecule has 2 saturated heterocycles. The predicted molar refractivity (Wildman–Crippen MR) is 147 cm³/mol. The lowest BCUT2D eigenvalue weighted by Crippen LogP contribution is -2.57. The summed E-state index contributed by atoms with van der Waals surface area (Å²) in [4.78, 5) is 18.3. The van der Waals surface area contributed by atoms with Crippen LogP contribution >= 0.6 is 11.3 Å². The summed E-state index contributed by atoms with van der Waals surface area (Å²) in [6.07, 6.45) is 1.43. The molecule has 2 fully saturated rings. The van der Waals surface area contributed by atoms with Crippen LogP contribution in [0, 0.1) is 0 Å². The van der Waals surface area contributed by atoms with E-state index in [1.807, 2.05) is 60.0 Å². The molecule has 0 saturated carbocycles. The van der Waals surface area contributed by atoms with Crippen LogP contribution in [0.3, 0.4) is 0 Å². The van der Waals surface area contributed by atoms with E-state index < -0.39 is 6.35 Å². The number of nitrogen functional groups attached to an aromatic ring is 1. The van der Waals surface area contributed by atoms with E-state index in [4.69, 9.17) is 5.73 Å². The number of amides is 1. The normalized spacial score (nSPS) is 18.6. The molecule has 0 bridgehead atoms. The minimum absolute atomic E-state index is 0.188. The maximum Gasteiger partial charge on any atom is 0.255 e. The van der Waals surface area contributed by atoms with E-state index in [-0.39, 0.29) is 5.91 Å². The number of aliphatic hydroxyl groups is 1. The van der Waals surface area contributed by atoms with Gasteiger partial charge in [0.1, 0.15) is 0 Å². The average Bonchev–Trinajstić information content (AvgIpc) is 3.46. The number of piperidine rings is 1. The summed E-state index contributed by atoms with van der Waals surface area (Å²) >= 11 is 1.65. The minimum atomic E-state index is -0.495. The number of carbonyl (C=O) groups is 1. The van der Waals surface area contributed by atoms with Gasteiger partial charge in [-0.25, -0.2) is 0 Å². The van der Waals surface area contributed by atoms with Gasteiger partial charge in [-0.2, -0.15) is 0 Å². The monoisotopic (exact) mass is 506 g/mol. The Bertz CT molecular complexity index is 1140. The van der Waals surface area contributed by atoms with E-state index in [1.54, 1.807) is 11.3 Å². The van der Waals surface area contributed by atoms with Crippen molar-refractivity contribution in [3.63, 3.8) is 0 Å². The molecule has 1 unspecified atom stereocenters. The van der Waals surface area contributed by atoms with Gasteiger partial charge < -0.3 is 26.8 Å². The van der Waals surface area contributed by atoms with E-state index in [1.165, 1.54) is 0 Å². The molecule has 3 heterocycles. The molecule has 1 aromatic heterocycles. The number of carbonyl (C=O) groups excluding carboxylic acids is 1. The predicted octanol–water partition coefficient (Wildman–Crippen LogP) is 3.31. The zero-order valence-corrected chi connectivity index (χ0v) is 21.1. The summed E-state index contributed by atoms with van der Waals surface area (Å²) in [5.41, 5.74) is 9.87. The first-order valence-corrected chi connectivity index (χ1v) is 13.4. The van der Waals surface area contributed by atoms with Gasteiger partial charge in [-0.1, -0.05) is 12.1 Å². The van der Waals surface area contributed by atoms with E-state index >= 15 is 0 Å². The zero-order chi connectivity index (χ0) is 24.9. The Labute approximate surface area is 216 Å². The third-order valence-electron chi connectivity index (χ3n) is 6.96. The highest BCUT2D eigenvalue weighted by molar-refractivity contribution is 7.13. The van der Waals surface area contributed by atoms with Crippen LogP contribution in [0.15, 0.2) is 60.0 Å². The summed E-state index contributed by atoms with van der Waals surface area (Å²) < 4.78 is 0. The van der Waals surface area contributed by atoms with Gasteiger partial charge in [0.05, 0.1) is 11.4 Å². The Balaban J connectivity index is 1.13. The van der Waals surface area contributed by atoms with Crippen molar-refractivity contribution in [2.45, 2.75) is 25.2 Å². The first-order chi connectivity index (χ1) is 17.6. The van der Waals surface area contributed by atoms with E-state index in [0.717, 1.165) is 68.2 Å². The van der Waals surface area contributed by atoms with E-state index in [9.17, 15) is 9.90 Å². The fraction of sp³-hybridized carbons (Fsp3) is 0.370. The second-order valence-corrected chi connectivity index (χ2v) is 10.3. The number of hydrogen-bond donors (Lipinski definition) is 5. The number of likely N-dealkylation sites (tertiary alicyclic amines) is 1. The smallest absolute Gasteiger partial charge is 0.255 e. The molecule has 2 aromatic carbocycles. The molecule has 6 N–H and O–H groups in total. The Morgan fingerprint density at radius 3 is 2.44 bits per heavy atom. The van der Waals surface area contributed by atoms with Crippen molar-refractivity contribution in [2.75, 3.05) is 55.6 Å². The van der Waals surface area contributed by atoms with Gasteiger partial charge in [0.25, 0.3) is 5.91 Å². The SMILES string of the molecule is Nc1ccc(-c2cccs2)cc1NC(=O)c1ccc(NC2CCN(C(O)N3CCNCC3)CC2)cc1. The van der Waals surface area contributed by atoms with Crippen molar-refractivity contribution >= 4 is 34.3 Å². The van der Waals surface area contributed by atoms with Gasteiger partial charge >= 0.3 is 0 Å².